The number of carbonyl (C=O) groups excluding carboxylic acids is 6. The van der Waals surface area contributed by atoms with Crippen molar-refractivity contribution in [2.45, 2.75) is 51.4 Å². The summed E-state index contributed by atoms with van der Waals surface area (Å²) in [5, 5.41) is 5.35. The van der Waals surface area contributed by atoms with E-state index in [0.717, 1.165) is 22.3 Å². The first kappa shape index (κ1) is 54.4. The average Bonchev–Trinajstić information content (AvgIpc) is 3.37. The first-order chi connectivity index (χ1) is 34.2. The maximum atomic E-state index is 13.5. The Kier molecular flexibility index (Phi) is 25.1. The van der Waals surface area contributed by atoms with Crippen LogP contribution in [0.5, 0.6) is 0 Å². The van der Waals surface area contributed by atoms with Gasteiger partial charge < -0.3 is 48.5 Å². The molecule has 4 aromatic carbocycles. The summed E-state index contributed by atoms with van der Waals surface area (Å²) in [6.07, 6.45) is -0.854. The standard InChI is InChI=1S/C52H64N4O14/c57-47(53-45(51(61)69-39-43-17-9-3-10-18-43)33-49(59)67-37-41-13-5-1-6-14-41)35-55-21-25-63-29-31-65-27-23-56(24-28-66-32-30-64-26-22-55)36-48(58)54-46(52(62)70-40-44-19-11-4-12-20-44)34-50(60)68-38-42-15-7-2-8-16-42/h1-20,45-46H,21-40H2,(H,53,57)(H,54,58). The monoisotopic (exact) mass is 968 g/mol. The molecule has 0 aromatic heterocycles. The zero-order chi connectivity index (χ0) is 49.4. The van der Waals surface area contributed by atoms with Crippen LogP contribution in [0.25, 0.3) is 0 Å². The zero-order valence-corrected chi connectivity index (χ0v) is 39.5. The van der Waals surface area contributed by atoms with E-state index < -0.39 is 60.6 Å². The Morgan fingerprint density at radius 2 is 0.671 bits per heavy atom. The summed E-state index contributed by atoms with van der Waals surface area (Å²) in [4.78, 5) is 82.8. The highest BCUT2D eigenvalue weighted by molar-refractivity contribution is 5.89. The van der Waals surface area contributed by atoms with Crippen LogP contribution in [-0.2, 0) is 93.1 Å². The van der Waals surface area contributed by atoms with Gasteiger partial charge in [0, 0.05) is 26.2 Å². The Morgan fingerprint density at radius 3 is 0.957 bits per heavy atom. The normalized spacial score (nSPS) is 15.7. The van der Waals surface area contributed by atoms with E-state index in [9.17, 15) is 28.8 Å². The summed E-state index contributed by atoms with van der Waals surface area (Å²) < 4.78 is 45.1. The molecule has 18 nitrogen and oxygen atoms in total. The SMILES string of the molecule is O=C(CN1CCOCCOCCN(CC(=O)NC(CC(=O)OCc2ccccc2)C(=O)OCc2ccccc2)CCOCCOCC1)NC(CC(=O)OCc1ccccc1)C(=O)OCc1ccccc1. The summed E-state index contributed by atoms with van der Waals surface area (Å²) >= 11 is 0. The van der Waals surface area contributed by atoms with Crippen LogP contribution in [0.15, 0.2) is 121 Å². The van der Waals surface area contributed by atoms with E-state index >= 15 is 0 Å². The summed E-state index contributed by atoms with van der Waals surface area (Å²) in [5.74, 6) is -3.92. The second-order valence-corrected chi connectivity index (χ2v) is 16.1. The van der Waals surface area contributed by atoms with Gasteiger partial charge in [-0.2, -0.15) is 0 Å². The highest BCUT2D eigenvalue weighted by Crippen LogP contribution is 2.10. The first-order valence-corrected chi connectivity index (χ1v) is 23.3. The zero-order valence-electron chi connectivity index (χ0n) is 39.5. The maximum absolute atomic E-state index is 13.5. The van der Waals surface area contributed by atoms with Crippen LogP contribution in [0.3, 0.4) is 0 Å². The molecule has 2 unspecified atom stereocenters. The minimum atomic E-state index is -1.29. The molecule has 2 atom stereocenters. The van der Waals surface area contributed by atoms with Gasteiger partial charge >= 0.3 is 23.9 Å². The number of carbonyl (C=O) groups is 6. The van der Waals surface area contributed by atoms with Gasteiger partial charge in [-0.3, -0.25) is 29.0 Å². The van der Waals surface area contributed by atoms with Gasteiger partial charge in [0.05, 0.1) is 78.8 Å². The average molecular weight is 969 g/mol. The maximum Gasteiger partial charge on any atom is 0.329 e. The summed E-state index contributed by atoms with van der Waals surface area (Å²) in [6, 6.07) is 33.8. The molecular formula is C52H64N4O14. The molecule has 0 spiro atoms. The second-order valence-electron chi connectivity index (χ2n) is 16.1. The molecule has 70 heavy (non-hydrogen) atoms. The minimum Gasteiger partial charge on any atom is -0.461 e. The highest BCUT2D eigenvalue weighted by Gasteiger charge is 2.29. The Labute approximate surface area is 408 Å². The lowest BCUT2D eigenvalue weighted by Gasteiger charge is -2.24. The third-order valence-electron chi connectivity index (χ3n) is 10.6. The molecular weight excluding hydrogens is 905 g/mol. The van der Waals surface area contributed by atoms with E-state index in [0.29, 0.717) is 26.2 Å². The van der Waals surface area contributed by atoms with Gasteiger partial charge in [0.25, 0.3) is 0 Å². The Balaban J connectivity index is 1.08. The van der Waals surface area contributed by atoms with Gasteiger partial charge in [-0.1, -0.05) is 121 Å². The smallest absolute Gasteiger partial charge is 0.329 e. The number of esters is 4. The molecule has 18 heteroatoms. The van der Waals surface area contributed by atoms with Crippen LogP contribution in [0.4, 0.5) is 0 Å². The number of hydrogen-bond acceptors (Lipinski definition) is 16. The van der Waals surface area contributed by atoms with Crippen molar-refractivity contribution in [1.82, 2.24) is 20.4 Å². The third-order valence-corrected chi connectivity index (χ3v) is 10.6. The fraction of sp³-hybridized carbons (Fsp3) is 0.423. The van der Waals surface area contributed by atoms with E-state index in [1.165, 1.54) is 0 Å². The lowest BCUT2D eigenvalue weighted by atomic mass is 10.2. The molecule has 1 aliphatic rings. The molecule has 376 valence electrons. The molecule has 0 radical (unpaired) electrons. The Morgan fingerprint density at radius 1 is 0.400 bits per heavy atom. The summed E-state index contributed by atoms with van der Waals surface area (Å²) in [6.45, 7) is 2.99. The Hall–Kier alpha value is -6.54. The van der Waals surface area contributed by atoms with Crippen LogP contribution < -0.4 is 10.6 Å². The predicted molar refractivity (Wildman–Crippen MR) is 254 cm³/mol. The number of hydrogen-bond donors (Lipinski definition) is 2. The van der Waals surface area contributed by atoms with E-state index in [1.807, 2.05) is 107 Å². The molecule has 0 bridgehead atoms. The van der Waals surface area contributed by atoms with Gasteiger partial charge in [-0.15, -0.1) is 0 Å². The molecule has 2 N–H and O–H groups in total. The molecule has 1 aliphatic heterocycles. The molecule has 2 amide bonds. The van der Waals surface area contributed by atoms with Crippen molar-refractivity contribution in [2.24, 2.45) is 0 Å². The minimum absolute atomic E-state index is 0.0101. The number of nitrogens with zero attached hydrogens (tertiary/aromatic N) is 2. The molecule has 4 aromatic rings. The quantitative estimate of drug-likeness (QED) is 0.0962. The fourth-order valence-corrected chi connectivity index (χ4v) is 6.82. The van der Waals surface area contributed by atoms with Crippen molar-refractivity contribution in [3.05, 3.63) is 144 Å². The molecule has 5 rings (SSSR count). The molecule has 0 saturated carbocycles. The highest BCUT2D eigenvalue weighted by atomic mass is 16.6. The molecule has 1 heterocycles. The number of amides is 2. The van der Waals surface area contributed by atoms with E-state index in [-0.39, 0.29) is 92.4 Å². The number of benzene rings is 4. The molecule has 1 fully saturated rings. The van der Waals surface area contributed by atoms with Crippen molar-refractivity contribution in [1.29, 1.82) is 0 Å². The first-order valence-electron chi connectivity index (χ1n) is 23.3. The van der Waals surface area contributed by atoms with Gasteiger partial charge in [0.2, 0.25) is 11.8 Å². The lowest BCUT2D eigenvalue weighted by Crippen LogP contribution is -2.48. The Bertz CT molecular complexity index is 1980. The lowest BCUT2D eigenvalue weighted by molar-refractivity contribution is -0.155. The van der Waals surface area contributed by atoms with Crippen LogP contribution in [0, 0.1) is 0 Å². The van der Waals surface area contributed by atoms with Crippen molar-refractivity contribution >= 4 is 35.7 Å². The predicted octanol–water partition coefficient (Wildman–Crippen LogP) is 3.39. The van der Waals surface area contributed by atoms with Crippen molar-refractivity contribution in [3.63, 3.8) is 0 Å². The van der Waals surface area contributed by atoms with E-state index in [4.69, 9.17) is 37.9 Å². The van der Waals surface area contributed by atoms with Gasteiger partial charge in [-0.05, 0) is 22.3 Å². The van der Waals surface area contributed by atoms with E-state index in [1.54, 1.807) is 24.3 Å². The molecule has 0 aliphatic carbocycles. The van der Waals surface area contributed by atoms with Crippen molar-refractivity contribution < 1.29 is 66.7 Å². The van der Waals surface area contributed by atoms with Crippen molar-refractivity contribution in [3.8, 4) is 0 Å². The van der Waals surface area contributed by atoms with Crippen LogP contribution in [-0.4, -0.2) is 150 Å². The van der Waals surface area contributed by atoms with E-state index in [2.05, 4.69) is 10.6 Å². The van der Waals surface area contributed by atoms with Gasteiger partial charge in [-0.25, -0.2) is 9.59 Å². The summed E-state index contributed by atoms with van der Waals surface area (Å²) in [5.41, 5.74) is 3.05. The van der Waals surface area contributed by atoms with Gasteiger partial charge in [0.15, 0.2) is 0 Å². The number of rotatable bonds is 20. The summed E-state index contributed by atoms with van der Waals surface area (Å²) in [7, 11) is 0. The number of ether oxygens (including phenoxy) is 8. The second kappa shape index (κ2) is 32.3. The number of nitrogens with one attached hydrogen (secondary N) is 2. The molecule has 1 saturated heterocycles. The topological polar surface area (TPSA) is 207 Å². The largest absolute Gasteiger partial charge is 0.461 e. The fourth-order valence-electron chi connectivity index (χ4n) is 6.82. The van der Waals surface area contributed by atoms with Crippen molar-refractivity contribution in [2.75, 3.05) is 92.1 Å². The van der Waals surface area contributed by atoms with Gasteiger partial charge in [0.1, 0.15) is 38.5 Å². The van der Waals surface area contributed by atoms with Crippen LogP contribution in [0.1, 0.15) is 35.1 Å². The third kappa shape index (κ3) is 22.7. The van der Waals surface area contributed by atoms with Crippen LogP contribution >= 0.6 is 0 Å². The van der Waals surface area contributed by atoms with Crippen LogP contribution in [0.2, 0.25) is 0 Å².